The van der Waals surface area contributed by atoms with E-state index in [4.69, 9.17) is 0 Å². The molecule has 0 aliphatic heterocycles. The van der Waals surface area contributed by atoms with Gasteiger partial charge in [0.25, 0.3) is 0 Å². The first-order valence-electron chi connectivity index (χ1n) is 5.39. The Bertz CT molecular complexity index is 563. The van der Waals surface area contributed by atoms with Crippen molar-refractivity contribution in [2.45, 2.75) is 19.8 Å². The molecule has 1 aromatic heterocycles. The number of hydrogen-bond acceptors (Lipinski definition) is 4. The first-order valence-corrected chi connectivity index (χ1v) is 6.17. The van der Waals surface area contributed by atoms with E-state index in [1.54, 1.807) is 0 Å². The number of ketones is 1. The highest BCUT2D eigenvalue weighted by Crippen LogP contribution is 2.16. The molecule has 0 spiro atoms. The zero-order valence-corrected chi connectivity index (χ0v) is 10.4. The molecule has 0 amide bonds. The number of halogens is 2. The minimum atomic E-state index is -0.684. The molecule has 0 aliphatic rings. The maximum Gasteiger partial charge on any atom is 0.180 e. The number of nitrogens with zero attached hydrogens (tertiary/aromatic N) is 2. The van der Waals surface area contributed by atoms with Gasteiger partial charge in [-0.2, -0.15) is 0 Å². The highest BCUT2D eigenvalue weighted by molar-refractivity contribution is 7.08. The lowest BCUT2D eigenvalue weighted by atomic mass is 10.1. The molecule has 1 aromatic carbocycles. The van der Waals surface area contributed by atoms with Crippen molar-refractivity contribution in [1.29, 1.82) is 0 Å². The maximum absolute atomic E-state index is 13.0. The summed E-state index contributed by atoms with van der Waals surface area (Å²) in [6, 6.07) is 3.09. The van der Waals surface area contributed by atoms with E-state index >= 15 is 0 Å². The van der Waals surface area contributed by atoms with Gasteiger partial charge in [-0.3, -0.25) is 4.79 Å². The smallest absolute Gasteiger partial charge is 0.180 e. The Morgan fingerprint density at radius 3 is 2.56 bits per heavy atom. The molecule has 0 aliphatic carbocycles. The third kappa shape index (κ3) is 2.76. The van der Waals surface area contributed by atoms with Crippen LogP contribution in [0.1, 0.15) is 27.9 Å². The summed E-state index contributed by atoms with van der Waals surface area (Å²) < 4.78 is 29.7. The van der Waals surface area contributed by atoms with E-state index in [0.717, 1.165) is 29.7 Å². The third-order valence-corrected chi connectivity index (χ3v) is 3.24. The fraction of sp³-hybridized carbons (Fsp3) is 0.250. The van der Waals surface area contributed by atoms with Crippen LogP contribution in [0.25, 0.3) is 0 Å². The lowest BCUT2D eigenvalue weighted by Gasteiger charge is -2.01. The van der Waals surface area contributed by atoms with Gasteiger partial charge < -0.3 is 0 Å². The molecule has 0 fully saturated rings. The number of rotatable bonds is 4. The summed E-state index contributed by atoms with van der Waals surface area (Å²) in [5.74, 6) is -1.58. The number of aromatic nitrogens is 2. The van der Waals surface area contributed by atoms with Gasteiger partial charge in [-0.1, -0.05) is 11.4 Å². The Kier molecular flexibility index (Phi) is 3.76. The molecule has 0 saturated carbocycles. The second kappa shape index (κ2) is 5.30. The average molecular weight is 268 g/mol. The predicted molar refractivity (Wildman–Crippen MR) is 63.7 cm³/mol. The quantitative estimate of drug-likeness (QED) is 0.801. The van der Waals surface area contributed by atoms with Crippen LogP contribution in [-0.2, 0) is 12.8 Å². The van der Waals surface area contributed by atoms with E-state index in [1.807, 2.05) is 6.92 Å². The zero-order valence-electron chi connectivity index (χ0n) is 9.61. The van der Waals surface area contributed by atoms with Crippen LogP contribution in [-0.4, -0.2) is 15.4 Å². The van der Waals surface area contributed by atoms with Gasteiger partial charge in [0.05, 0.1) is 5.69 Å². The summed E-state index contributed by atoms with van der Waals surface area (Å²) >= 11 is 1.01. The van der Waals surface area contributed by atoms with Crippen molar-refractivity contribution in [1.82, 2.24) is 9.59 Å². The van der Waals surface area contributed by atoms with Gasteiger partial charge in [-0.05, 0) is 35.6 Å². The fourth-order valence-electron chi connectivity index (χ4n) is 1.63. The second-order valence-corrected chi connectivity index (χ2v) is 4.53. The van der Waals surface area contributed by atoms with E-state index in [2.05, 4.69) is 9.59 Å². The van der Waals surface area contributed by atoms with Gasteiger partial charge in [0.2, 0.25) is 0 Å². The fourth-order valence-corrected chi connectivity index (χ4v) is 2.32. The topological polar surface area (TPSA) is 42.9 Å². The molecule has 0 radical (unpaired) electrons. The summed E-state index contributed by atoms with van der Waals surface area (Å²) in [5, 5.41) is 3.83. The summed E-state index contributed by atoms with van der Waals surface area (Å²) in [6.45, 7) is 1.87. The van der Waals surface area contributed by atoms with Crippen LogP contribution in [0.2, 0.25) is 0 Å². The van der Waals surface area contributed by atoms with Crippen molar-refractivity contribution >= 4 is 17.3 Å². The Morgan fingerprint density at radius 2 is 1.94 bits per heavy atom. The van der Waals surface area contributed by atoms with E-state index in [9.17, 15) is 13.6 Å². The maximum atomic E-state index is 13.0. The van der Waals surface area contributed by atoms with Crippen LogP contribution in [0.15, 0.2) is 18.2 Å². The molecule has 3 nitrogen and oxygen atoms in total. The molecule has 6 heteroatoms. The van der Waals surface area contributed by atoms with E-state index in [0.29, 0.717) is 22.6 Å². The van der Waals surface area contributed by atoms with Crippen LogP contribution in [0.3, 0.4) is 0 Å². The second-order valence-electron chi connectivity index (χ2n) is 3.78. The summed E-state index contributed by atoms with van der Waals surface area (Å²) in [4.78, 5) is 12.4. The minimum absolute atomic E-state index is 0.0500. The molecule has 18 heavy (non-hydrogen) atoms. The van der Waals surface area contributed by atoms with Crippen LogP contribution in [0.4, 0.5) is 8.78 Å². The molecule has 0 N–H and O–H groups in total. The van der Waals surface area contributed by atoms with Crippen molar-refractivity contribution in [2.75, 3.05) is 0 Å². The lowest BCUT2D eigenvalue weighted by molar-refractivity contribution is 0.0995. The number of aryl methyl sites for hydroxylation is 1. The van der Waals surface area contributed by atoms with Crippen molar-refractivity contribution < 1.29 is 13.6 Å². The molecule has 0 atom stereocenters. The Labute approximate surface area is 107 Å². The van der Waals surface area contributed by atoms with Gasteiger partial charge in [0.15, 0.2) is 5.78 Å². The van der Waals surface area contributed by atoms with Crippen molar-refractivity contribution in [3.8, 4) is 0 Å². The van der Waals surface area contributed by atoms with Crippen LogP contribution in [0.5, 0.6) is 0 Å². The lowest BCUT2D eigenvalue weighted by Crippen LogP contribution is -2.05. The van der Waals surface area contributed by atoms with Gasteiger partial charge >= 0.3 is 0 Å². The van der Waals surface area contributed by atoms with E-state index in [1.165, 1.54) is 0 Å². The third-order valence-electron chi connectivity index (χ3n) is 2.43. The first kappa shape index (κ1) is 12.8. The predicted octanol–water partition coefficient (Wildman–Crippen LogP) is 2.80. The number of Topliss-reactive ketones (excluding diaryl/α,β-unsaturated/α-hetero) is 1. The Balaban J connectivity index is 2.21. The molecule has 1 heterocycles. The molecule has 2 rings (SSSR count). The number of carbonyl (C=O) groups is 1. The van der Waals surface area contributed by atoms with Gasteiger partial charge in [0.1, 0.15) is 16.5 Å². The number of hydrogen-bond donors (Lipinski definition) is 0. The first-order chi connectivity index (χ1) is 8.60. The number of carbonyl (C=O) groups excluding carboxylic acids is 1. The van der Waals surface area contributed by atoms with Crippen molar-refractivity contribution in [2.24, 2.45) is 0 Å². The highest BCUT2D eigenvalue weighted by atomic mass is 32.1. The Morgan fingerprint density at radius 1 is 1.28 bits per heavy atom. The highest BCUT2D eigenvalue weighted by Gasteiger charge is 2.16. The molecular formula is C12H10F2N2OS. The SMILES string of the molecule is CCc1nnsc1C(=O)Cc1cc(F)cc(F)c1. The normalized spacial score (nSPS) is 10.6. The van der Waals surface area contributed by atoms with Crippen molar-refractivity contribution in [3.05, 3.63) is 46.0 Å². The largest absolute Gasteiger partial charge is 0.293 e. The monoisotopic (exact) mass is 268 g/mol. The Hall–Kier alpha value is -1.69. The standard InChI is InChI=1S/C12H10F2N2OS/c1-2-10-12(18-16-15-10)11(17)5-7-3-8(13)6-9(14)4-7/h3-4,6H,2,5H2,1H3. The molecule has 94 valence electrons. The minimum Gasteiger partial charge on any atom is -0.293 e. The molecule has 2 aromatic rings. The van der Waals surface area contributed by atoms with Gasteiger partial charge in [-0.15, -0.1) is 5.10 Å². The van der Waals surface area contributed by atoms with Crippen molar-refractivity contribution in [3.63, 3.8) is 0 Å². The summed E-state index contributed by atoms with van der Waals surface area (Å²) in [7, 11) is 0. The van der Waals surface area contributed by atoms with Crippen LogP contribution < -0.4 is 0 Å². The van der Waals surface area contributed by atoms with E-state index < -0.39 is 11.6 Å². The molecular weight excluding hydrogens is 258 g/mol. The molecule has 0 bridgehead atoms. The summed E-state index contributed by atoms with van der Waals surface area (Å²) in [6.07, 6.45) is 0.556. The van der Waals surface area contributed by atoms with Crippen LogP contribution >= 0.6 is 11.5 Å². The molecule has 0 unspecified atom stereocenters. The van der Waals surface area contributed by atoms with Gasteiger partial charge in [0, 0.05) is 12.5 Å². The summed E-state index contributed by atoms with van der Waals surface area (Å²) in [5.41, 5.74) is 0.940. The van der Waals surface area contributed by atoms with E-state index in [-0.39, 0.29) is 12.2 Å². The zero-order chi connectivity index (χ0) is 13.1. The average Bonchev–Trinajstić information content (AvgIpc) is 2.75. The van der Waals surface area contributed by atoms with Gasteiger partial charge in [-0.25, -0.2) is 8.78 Å². The number of benzene rings is 1. The molecule has 0 saturated heterocycles. The van der Waals surface area contributed by atoms with Crippen LogP contribution in [0, 0.1) is 11.6 Å².